The number of nitrogens with zero attached hydrogens (tertiary/aromatic N) is 1. The van der Waals surface area contributed by atoms with Crippen molar-refractivity contribution in [2.75, 3.05) is 0 Å². The standard InChI is InChI=1S/C11H9N3O3S/c12-11(18)14-13-4-6-5-17-9-2-1-7(15)3-8(9)10(6)16/h1-5,15H,(H3,12,14,18)/b13-4-. The van der Waals surface area contributed by atoms with E-state index in [4.69, 9.17) is 10.2 Å². The van der Waals surface area contributed by atoms with E-state index in [-0.39, 0.29) is 27.2 Å². The third-order valence-corrected chi connectivity index (χ3v) is 2.25. The highest BCUT2D eigenvalue weighted by molar-refractivity contribution is 7.80. The minimum Gasteiger partial charge on any atom is -0.508 e. The van der Waals surface area contributed by atoms with Gasteiger partial charge in [-0.05, 0) is 30.4 Å². The van der Waals surface area contributed by atoms with E-state index in [1.165, 1.54) is 30.7 Å². The van der Waals surface area contributed by atoms with E-state index in [2.05, 4.69) is 22.7 Å². The number of hydrogen-bond acceptors (Lipinski definition) is 5. The molecule has 18 heavy (non-hydrogen) atoms. The number of hydrazone groups is 1. The predicted molar refractivity (Wildman–Crippen MR) is 71.7 cm³/mol. The van der Waals surface area contributed by atoms with Crippen LogP contribution in [-0.2, 0) is 0 Å². The number of hydrogen-bond donors (Lipinski definition) is 3. The average Bonchev–Trinajstić information content (AvgIpc) is 2.32. The fourth-order valence-electron chi connectivity index (χ4n) is 1.39. The Morgan fingerprint density at radius 2 is 2.33 bits per heavy atom. The second kappa shape index (κ2) is 4.84. The molecule has 1 aromatic heterocycles. The van der Waals surface area contributed by atoms with Gasteiger partial charge in [0, 0.05) is 0 Å². The second-order valence-corrected chi connectivity index (χ2v) is 3.87. The predicted octanol–water partition coefficient (Wildman–Crippen LogP) is 0.666. The molecule has 2 rings (SSSR count). The Morgan fingerprint density at radius 1 is 1.56 bits per heavy atom. The van der Waals surface area contributed by atoms with Gasteiger partial charge in [0.05, 0.1) is 17.2 Å². The van der Waals surface area contributed by atoms with Gasteiger partial charge in [-0.25, -0.2) is 0 Å². The highest BCUT2D eigenvalue weighted by atomic mass is 32.1. The minimum atomic E-state index is -0.305. The van der Waals surface area contributed by atoms with Crippen LogP contribution in [0.2, 0.25) is 0 Å². The number of benzene rings is 1. The molecule has 0 bridgehead atoms. The fraction of sp³-hybridized carbons (Fsp3) is 0. The van der Waals surface area contributed by atoms with Crippen molar-refractivity contribution in [1.82, 2.24) is 5.43 Å². The van der Waals surface area contributed by atoms with E-state index in [0.717, 1.165) is 0 Å². The maximum Gasteiger partial charge on any atom is 0.201 e. The van der Waals surface area contributed by atoms with Crippen molar-refractivity contribution in [2.45, 2.75) is 0 Å². The topological polar surface area (TPSA) is 101 Å². The molecule has 0 aliphatic heterocycles. The molecule has 0 amide bonds. The lowest BCUT2D eigenvalue weighted by molar-refractivity contribution is 0.475. The van der Waals surface area contributed by atoms with Crippen LogP contribution < -0.4 is 16.6 Å². The Labute approximate surface area is 107 Å². The maximum atomic E-state index is 12.0. The van der Waals surface area contributed by atoms with Crippen LogP contribution in [0.15, 0.2) is 38.8 Å². The molecule has 2 aromatic rings. The largest absolute Gasteiger partial charge is 0.508 e. The number of phenolic OH excluding ortho intramolecular Hbond substituents is 1. The van der Waals surface area contributed by atoms with E-state index < -0.39 is 0 Å². The summed E-state index contributed by atoms with van der Waals surface area (Å²) in [7, 11) is 0. The molecule has 0 fully saturated rings. The molecule has 6 nitrogen and oxygen atoms in total. The van der Waals surface area contributed by atoms with E-state index in [0.29, 0.717) is 5.58 Å². The van der Waals surface area contributed by atoms with E-state index >= 15 is 0 Å². The van der Waals surface area contributed by atoms with Crippen molar-refractivity contribution in [3.8, 4) is 5.75 Å². The molecule has 0 aliphatic rings. The van der Waals surface area contributed by atoms with Gasteiger partial charge in [0.15, 0.2) is 5.11 Å². The first kappa shape index (κ1) is 12.1. The van der Waals surface area contributed by atoms with Crippen LogP contribution >= 0.6 is 12.2 Å². The van der Waals surface area contributed by atoms with Crippen LogP contribution in [-0.4, -0.2) is 16.4 Å². The van der Waals surface area contributed by atoms with Gasteiger partial charge in [-0.1, -0.05) is 0 Å². The van der Waals surface area contributed by atoms with Crippen molar-refractivity contribution in [1.29, 1.82) is 0 Å². The lowest BCUT2D eigenvalue weighted by Gasteiger charge is -1.99. The Hall–Kier alpha value is -2.41. The fourth-order valence-corrected chi connectivity index (χ4v) is 1.44. The zero-order valence-corrected chi connectivity index (χ0v) is 9.90. The lowest BCUT2D eigenvalue weighted by Crippen LogP contribution is -2.24. The first-order valence-corrected chi connectivity index (χ1v) is 5.32. The molecule has 0 radical (unpaired) electrons. The van der Waals surface area contributed by atoms with E-state index in [1.807, 2.05) is 0 Å². The second-order valence-electron chi connectivity index (χ2n) is 3.43. The summed E-state index contributed by atoms with van der Waals surface area (Å²) in [6, 6.07) is 4.28. The normalized spacial score (nSPS) is 10.9. The number of thiocarbonyl (C=S) groups is 1. The van der Waals surface area contributed by atoms with E-state index in [1.54, 1.807) is 0 Å². The Morgan fingerprint density at radius 3 is 3.06 bits per heavy atom. The number of nitrogens with one attached hydrogen (secondary N) is 1. The van der Waals surface area contributed by atoms with Gasteiger partial charge in [-0.3, -0.25) is 10.2 Å². The number of fused-ring (bicyclic) bond motifs is 1. The molecule has 1 heterocycles. The Balaban J connectivity index is 2.47. The Kier molecular flexibility index (Phi) is 3.24. The van der Waals surface area contributed by atoms with Gasteiger partial charge in [0.2, 0.25) is 5.43 Å². The van der Waals surface area contributed by atoms with Gasteiger partial charge in [0.25, 0.3) is 0 Å². The first-order chi connectivity index (χ1) is 8.58. The van der Waals surface area contributed by atoms with Crippen LogP contribution in [0.1, 0.15) is 5.56 Å². The summed E-state index contributed by atoms with van der Waals surface area (Å²) in [5.41, 5.74) is 7.81. The van der Waals surface area contributed by atoms with Crippen molar-refractivity contribution < 1.29 is 9.52 Å². The van der Waals surface area contributed by atoms with Gasteiger partial charge < -0.3 is 15.3 Å². The van der Waals surface area contributed by atoms with E-state index in [9.17, 15) is 9.90 Å². The zero-order chi connectivity index (χ0) is 13.1. The number of rotatable bonds is 2. The molecule has 0 atom stereocenters. The molecule has 0 saturated carbocycles. The third-order valence-electron chi connectivity index (χ3n) is 2.16. The maximum absolute atomic E-state index is 12.0. The third kappa shape index (κ3) is 2.46. The molecule has 0 saturated heterocycles. The van der Waals surface area contributed by atoms with Gasteiger partial charge in [-0.15, -0.1) is 0 Å². The van der Waals surface area contributed by atoms with Crippen molar-refractivity contribution >= 4 is 34.5 Å². The highest BCUT2D eigenvalue weighted by Gasteiger charge is 2.05. The summed E-state index contributed by atoms with van der Waals surface area (Å²) >= 11 is 4.56. The minimum absolute atomic E-state index is 0.00549. The molecule has 7 heteroatoms. The van der Waals surface area contributed by atoms with Gasteiger partial charge in [0.1, 0.15) is 17.6 Å². The zero-order valence-electron chi connectivity index (χ0n) is 9.08. The van der Waals surface area contributed by atoms with Crippen LogP contribution in [0, 0.1) is 0 Å². The monoisotopic (exact) mass is 263 g/mol. The Bertz CT molecular complexity index is 693. The summed E-state index contributed by atoms with van der Waals surface area (Å²) in [5.74, 6) is -0.00912. The molecule has 0 spiro atoms. The van der Waals surface area contributed by atoms with Gasteiger partial charge in [-0.2, -0.15) is 5.10 Å². The molecule has 0 aliphatic carbocycles. The van der Waals surface area contributed by atoms with Crippen molar-refractivity contribution in [3.63, 3.8) is 0 Å². The number of phenols is 1. The van der Waals surface area contributed by atoms with Gasteiger partial charge >= 0.3 is 0 Å². The van der Waals surface area contributed by atoms with Crippen LogP contribution in [0.5, 0.6) is 5.75 Å². The van der Waals surface area contributed by atoms with Crippen LogP contribution in [0.3, 0.4) is 0 Å². The molecule has 0 unspecified atom stereocenters. The van der Waals surface area contributed by atoms with Crippen molar-refractivity contribution in [3.05, 3.63) is 40.2 Å². The molecule has 4 N–H and O–H groups in total. The number of aromatic hydroxyl groups is 1. The first-order valence-electron chi connectivity index (χ1n) is 4.91. The van der Waals surface area contributed by atoms with Crippen LogP contribution in [0.4, 0.5) is 0 Å². The van der Waals surface area contributed by atoms with Crippen LogP contribution in [0.25, 0.3) is 11.0 Å². The molecule has 1 aromatic carbocycles. The highest BCUT2D eigenvalue weighted by Crippen LogP contribution is 2.16. The summed E-state index contributed by atoms with van der Waals surface area (Å²) < 4.78 is 5.24. The van der Waals surface area contributed by atoms with Crippen molar-refractivity contribution in [2.24, 2.45) is 10.8 Å². The molecule has 92 valence electrons. The SMILES string of the molecule is NC(=S)N/N=C\c1coc2ccc(O)cc2c1=O. The summed E-state index contributed by atoms with van der Waals surface area (Å²) in [5, 5.41) is 13.3. The number of nitrogens with two attached hydrogens (primary N) is 1. The lowest BCUT2D eigenvalue weighted by atomic mass is 10.2. The quantitative estimate of drug-likeness (QED) is 0.418. The summed E-state index contributed by atoms with van der Waals surface area (Å²) in [6.07, 6.45) is 2.51. The average molecular weight is 263 g/mol. The molecular formula is C11H9N3O3S. The smallest absolute Gasteiger partial charge is 0.201 e. The summed E-state index contributed by atoms with van der Waals surface area (Å²) in [4.78, 5) is 12.0. The molecular weight excluding hydrogens is 254 g/mol. The summed E-state index contributed by atoms with van der Waals surface area (Å²) in [6.45, 7) is 0.